The van der Waals surface area contributed by atoms with Gasteiger partial charge in [-0.3, -0.25) is 9.80 Å². The van der Waals surface area contributed by atoms with E-state index in [1.54, 1.807) is 0 Å². The molecule has 0 unspecified atom stereocenters. The Kier molecular flexibility index (Phi) is 3.31. The van der Waals surface area contributed by atoms with Gasteiger partial charge in [0.1, 0.15) is 5.76 Å². The summed E-state index contributed by atoms with van der Waals surface area (Å²) >= 11 is 0. The third-order valence-electron chi connectivity index (χ3n) is 5.28. The molecule has 4 heteroatoms. The molecule has 20 heavy (non-hydrogen) atoms. The zero-order valence-electron chi connectivity index (χ0n) is 12.4. The fraction of sp³-hybridized carbons (Fsp3) is 0.812. The lowest BCUT2D eigenvalue weighted by atomic mass is 10.1. The Morgan fingerprint density at radius 1 is 1.35 bits per heavy atom. The predicted molar refractivity (Wildman–Crippen MR) is 77.5 cm³/mol. The van der Waals surface area contributed by atoms with Gasteiger partial charge in [0.15, 0.2) is 0 Å². The Morgan fingerprint density at radius 3 is 2.95 bits per heavy atom. The second kappa shape index (κ2) is 5.15. The fourth-order valence-electron chi connectivity index (χ4n) is 3.92. The summed E-state index contributed by atoms with van der Waals surface area (Å²) in [5.41, 5.74) is 1.09. The lowest BCUT2D eigenvalue weighted by Gasteiger charge is -2.28. The van der Waals surface area contributed by atoms with Crippen molar-refractivity contribution < 1.29 is 4.52 Å². The summed E-state index contributed by atoms with van der Waals surface area (Å²) in [7, 11) is 2.19. The minimum Gasteiger partial charge on any atom is -0.361 e. The van der Waals surface area contributed by atoms with Gasteiger partial charge in [-0.1, -0.05) is 5.16 Å². The summed E-state index contributed by atoms with van der Waals surface area (Å²) in [6, 6.07) is 3.05. The third kappa shape index (κ3) is 2.63. The van der Waals surface area contributed by atoms with Crippen molar-refractivity contribution in [3.63, 3.8) is 0 Å². The molecule has 0 radical (unpaired) electrons. The molecule has 0 aromatic carbocycles. The van der Waals surface area contributed by atoms with E-state index in [1.165, 1.54) is 45.2 Å². The van der Waals surface area contributed by atoms with Crippen LogP contribution in [0.3, 0.4) is 0 Å². The van der Waals surface area contributed by atoms with Crippen molar-refractivity contribution in [1.82, 2.24) is 15.0 Å². The molecule has 3 fully saturated rings. The van der Waals surface area contributed by atoms with Crippen molar-refractivity contribution in [2.45, 2.75) is 50.6 Å². The van der Waals surface area contributed by atoms with Gasteiger partial charge in [0.2, 0.25) is 0 Å². The Bertz CT molecular complexity index is 468. The number of piperidine rings is 1. The van der Waals surface area contributed by atoms with Crippen LogP contribution in [-0.4, -0.2) is 47.7 Å². The smallest absolute Gasteiger partial charge is 0.140 e. The predicted octanol–water partition coefficient (Wildman–Crippen LogP) is 2.47. The number of fused-ring (bicyclic) bond motifs is 2. The van der Waals surface area contributed by atoms with Gasteiger partial charge in [-0.2, -0.15) is 0 Å². The molecule has 3 aliphatic rings. The molecule has 4 nitrogen and oxygen atoms in total. The van der Waals surface area contributed by atoms with Crippen molar-refractivity contribution in [2.75, 3.05) is 26.7 Å². The van der Waals surface area contributed by atoms with Crippen LogP contribution in [-0.2, 0) is 6.54 Å². The number of nitrogens with zero attached hydrogens (tertiary/aromatic N) is 3. The van der Waals surface area contributed by atoms with Crippen molar-refractivity contribution in [1.29, 1.82) is 0 Å². The maximum Gasteiger partial charge on any atom is 0.140 e. The van der Waals surface area contributed by atoms with Gasteiger partial charge < -0.3 is 4.52 Å². The van der Waals surface area contributed by atoms with E-state index < -0.39 is 0 Å². The molecule has 1 saturated heterocycles. The molecule has 0 amide bonds. The monoisotopic (exact) mass is 275 g/mol. The minimum atomic E-state index is 0.668. The van der Waals surface area contributed by atoms with Crippen LogP contribution in [0.5, 0.6) is 0 Å². The molecule has 0 N–H and O–H groups in total. The Balaban J connectivity index is 1.24. The van der Waals surface area contributed by atoms with Crippen LogP contribution in [0.4, 0.5) is 0 Å². The van der Waals surface area contributed by atoms with Gasteiger partial charge in [-0.05, 0) is 45.1 Å². The first-order chi connectivity index (χ1) is 9.78. The first-order valence-corrected chi connectivity index (χ1v) is 8.16. The summed E-state index contributed by atoms with van der Waals surface area (Å²) in [5.74, 6) is 2.77. The number of likely N-dealkylation sites (N-methyl/N-ethyl adjacent to an activating group) is 1. The van der Waals surface area contributed by atoms with Gasteiger partial charge >= 0.3 is 0 Å². The van der Waals surface area contributed by atoms with Crippen molar-refractivity contribution in [3.05, 3.63) is 17.5 Å². The van der Waals surface area contributed by atoms with Gasteiger partial charge in [-0.25, -0.2) is 0 Å². The number of rotatable bonds is 6. The molecule has 1 aromatic rings. The normalized spacial score (nSPS) is 29.7. The van der Waals surface area contributed by atoms with Crippen LogP contribution in [0.15, 0.2) is 10.6 Å². The van der Waals surface area contributed by atoms with Gasteiger partial charge in [0.05, 0.1) is 5.69 Å². The van der Waals surface area contributed by atoms with Gasteiger partial charge in [0, 0.05) is 44.2 Å². The topological polar surface area (TPSA) is 32.5 Å². The lowest BCUT2D eigenvalue weighted by Crippen LogP contribution is -2.38. The summed E-state index contributed by atoms with van der Waals surface area (Å²) in [4.78, 5) is 5.07. The summed E-state index contributed by atoms with van der Waals surface area (Å²) < 4.78 is 5.42. The maximum absolute atomic E-state index is 5.42. The number of likely N-dealkylation sites (tertiary alicyclic amines) is 1. The van der Waals surface area contributed by atoms with Crippen molar-refractivity contribution in [2.24, 2.45) is 5.92 Å². The van der Waals surface area contributed by atoms with Crippen LogP contribution in [0, 0.1) is 5.92 Å². The second-order valence-corrected chi connectivity index (χ2v) is 7.06. The van der Waals surface area contributed by atoms with E-state index >= 15 is 0 Å². The number of aromatic nitrogens is 1. The zero-order valence-corrected chi connectivity index (χ0v) is 12.4. The molecule has 4 rings (SSSR count). The number of hydrogen-bond acceptors (Lipinski definition) is 4. The zero-order chi connectivity index (χ0) is 13.5. The van der Waals surface area contributed by atoms with Crippen LogP contribution < -0.4 is 0 Å². The van der Waals surface area contributed by atoms with E-state index in [1.807, 2.05) is 0 Å². The minimum absolute atomic E-state index is 0.668. The highest BCUT2D eigenvalue weighted by atomic mass is 16.5. The summed E-state index contributed by atoms with van der Waals surface area (Å²) in [6.07, 6.45) is 6.92. The average molecular weight is 275 g/mol. The fourth-order valence-corrected chi connectivity index (χ4v) is 3.92. The maximum atomic E-state index is 5.42. The van der Waals surface area contributed by atoms with E-state index in [0.717, 1.165) is 36.5 Å². The molecule has 110 valence electrons. The Labute approximate surface area is 121 Å². The van der Waals surface area contributed by atoms with E-state index in [9.17, 15) is 0 Å². The largest absolute Gasteiger partial charge is 0.361 e. The SMILES string of the molecule is CN(CCN1C[C@H]2CC[C@@H]1C2)Cc1cc(C2CC2)on1. The van der Waals surface area contributed by atoms with E-state index in [4.69, 9.17) is 4.52 Å². The van der Waals surface area contributed by atoms with E-state index in [0.29, 0.717) is 5.92 Å². The molecule has 2 heterocycles. The van der Waals surface area contributed by atoms with Crippen molar-refractivity contribution >= 4 is 0 Å². The summed E-state index contributed by atoms with van der Waals surface area (Å²) in [6.45, 7) is 4.60. The van der Waals surface area contributed by atoms with Crippen LogP contribution in [0.25, 0.3) is 0 Å². The molecular weight excluding hydrogens is 250 g/mol. The number of hydrogen-bond donors (Lipinski definition) is 0. The van der Waals surface area contributed by atoms with E-state index in [-0.39, 0.29) is 0 Å². The molecular formula is C16H25N3O. The Morgan fingerprint density at radius 2 is 2.25 bits per heavy atom. The highest BCUT2D eigenvalue weighted by molar-refractivity contribution is 5.14. The van der Waals surface area contributed by atoms with Crippen molar-refractivity contribution in [3.8, 4) is 0 Å². The van der Waals surface area contributed by atoms with Crippen LogP contribution in [0.1, 0.15) is 49.5 Å². The molecule has 1 aliphatic heterocycles. The van der Waals surface area contributed by atoms with Gasteiger partial charge in [0.25, 0.3) is 0 Å². The third-order valence-corrected chi connectivity index (χ3v) is 5.28. The van der Waals surface area contributed by atoms with Crippen LogP contribution >= 0.6 is 0 Å². The first kappa shape index (κ1) is 12.8. The molecule has 2 aliphatic carbocycles. The molecule has 2 bridgehead atoms. The molecule has 2 atom stereocenters. The second-order valence-electron chi connectivity index (χ2n) is 7.06. The molecule has 2 saturated carbocycles. The molecule has 0 spiro atoms. The van der Waals surface area contributed by atoms with Gasteiger partial charge in [-0.15, -0.1) is 0 Å². The summed E-state index contributed by atoms with van der Waals surface area (Å²) in [5, 5.41) is 4.21. The van der Waals surface area contributed by atoms with E-state index in [2.05, 4.69) is 28.1 Å². The quantitative estimate of drug-likeness (QED) is 0.798. The highest BCUT2D eigenvalue weighted by Gasteiger charge is 2.37. The Hall–Kier alpha value is -0.870. The molecule has 1 aromatic heterocycles. The van der Waals surface area contributed by atoms with Crippen LogP contribution in [0.2, 0.25) is 0 Å². The highest BCUT2D eigenvalue weighted by Crippen LogP contribution is 2.40. The first-order valence-electron chi connectivity index (χ1n) is 8.16. The standard InChI is InChI=1S/C16H25N3O/c1-18(6-7-19-10-12-2-5-15(19)8-12)11-14-9-16(20-17-14)13-3-4-13/h9,12-13,15H,2-8,10-11H2,1H3/t12-,15+/m0/s1. The average Bonchev–Trinajstić information content (AvgIpc) is 2.88. The lowest BCUT2D eigenvalue weighted by molar-refractivity contribution is 0.180.